The minimum atomic E-state index is 0.124. The van der Waals surface area contributed by atoms with E-state index >= 15 is 0 Å². The van der Waals surface area contributed by atoms with Crippen LogP contribution in [-0.4, -0.2) is 23.1 Å². The van der Waals surface area contributed by atoms with Crippen molar-refractivity contribution in [3.63, 3.8) is 0 Å². The van der Waals surface area contributed by atoms with Crippen LogP contribution in [0, 0.1) is 29.6 Å². The van der Waals surface area contributed by atoms with Gasteiger partial charge >= 0.3 is 0 Å². The fourth-order valence-electron chi connectivity index (χ4n) is 11.9. The van der Waals surface area contributed by atoms with Gasteiger partial charge in [-0.25, -0.2) is 0 Å². The quantitative estimate of drug-likeness (QED) is 0.274. The lowest BCUT2D eigenvalue weighted by Gasteiger charge is -2.50. The fraction of sp³-hybridized carbons (Fsp3) is 0.357. The largest absolute Gasteiger partial charge is 0.485 e. The Bertz CT molecular complexity index is 2310. The van der Waals surface area contributed by atoms with Crippen molar-refractivity contribution in [1.82, 2.24) is 4.90 Å². The van der Waals surface area contributed by atoms with Gasteiger partial charge in [0.2, 0.25) is 0 Å². The van der Waals surface area contributed by atoms with Gasteiger partial charge in [-0.1, -0.05) is 146 Å². The number of hydrogen-bond acceptors (Lipinski definition) is 2. The molecule has 0 bridgehead atoms. The molecular formula is C56H57NO. The van der Waals surface area contributed by atoms with E-state index in [4.69, 9.17) is 4.74 Å². The highest BCUT2D eigenvalue weighted by molar-refractivity contribution is 5.80. The zero-order chi connectivity index (χ0) is 38.4. The van der Waals surface area contributed by atoms with Gasteiger partial charge in [-0.05, 0) is 140 Å². The molecule has 292 valence electrons. The molecule has 0 saturated heterocycles. The van der Waals surface area contributed by atoms with Crippen molar-refractivity contribution in [3.8, 4) is 0 Å². The van der Waals surface area contributed by atoms with E-state index in [-0.39, 0.29) is 6.10 Å². The molecule has 0 saturated carbocycles. The highest BCUT2D eigenvalue weighted by Gasteiger charge is 2.42. The molecule has 1 aliphatic heterocycles. The van der Waals surface area contributed by atoms with Gasteiger partial charge in [0, 0.05) is 35.1 Å². The van der Waals surface area contributed by atoms with E-state index < -0.39 is 0 Å². The maximum Gasteiger partial charge on any atom is 0.127 e. The van der Waals surface area contributed by atoms with Crippen LogP contribution in [0.2, 0.25) is 0 Å². The monoisotopic (exact) mass is 759 g/mol. The van der Waals surface area contributed by atoms with Crippen LogP contribution >= 0.6 is 0 Å². The van der Waals surface area contributed by atoms with Crippen LogP contribution < -0.4 is 0 Å². The maximum atomic E-state index is 6.74. The Balaban J connectivity index is 0.868. The molecule has 10 aliphatic rings. The molecule has 6 unspecified atom stereocenters. The first-order chi connectivity index (χ1) is 28.7. The van der Waals surface area contributed by atoms with Crippen molar-refractivity contribution in [2.24, 2.45) is 29.6 Å². The number of hydrogen-bond donors (Lipinski definition) is 0. The Labute approximate surface area is 346 Å². The highest BCUT2D eigenvalue weighted by atomic mass is 16.5. The normalized spacial score (nSPS) is 33.2. The zero-order valence-corrected chi connectivity index (χ0v) is 33.9. The van der Waals surface area contributed by atoms with Gasteiger partial charge < -0.3 is 9.64 Å². The summed E-state index contributed by atoms with van der Waals surface area (Å²) in [7, 11) is 0. The Hall–Kier alpha value is -5.08. The molecule has 0 fully saturated rings. The van der Waals surface area contributed by atoms with Crippen LogP contribution in [0.15, 0.2) is 202 Å². The molecule has 0 amide bonds. The van der Waals surface area contributed by atoms with Crippen molar-refractivity contribution in [3.05, 3.63) is 208 Å². The number of allylic oxidation sites excluding steroid dienone is 22. The van der Waals surface area contributed by atoms with Crippen molar-refractivity contribution in [1.29, 1.82) is 0 Å². The molecule has 0 aromatic heterocycles. The lowest BCUT2D eigenvalue weighted by Crippen LogP contribution is -2.49. The Morgan fingerprint density at radius 2 is 1.52 bits per heavy atom. The number of benzene rings is 1. The lowest BCUT2D eigenvalue weighted by molar-refractivity contribution is 0.140. The number of rotatable bonds is 7. The predicted octanol–water partition coefficient (Wildman–Crippen LogP) is 13.4. The molecule has 58 heavy (non-hydrogen) atoms. The molecule has 0 spiro atoms. The molecule has 2 nitrogen and oxygen atoms in total. The van der Waals surface area contributed by atoms with Crippen LogP contribution in [0.3, 0.4) is 0 Å². The summed E-state index contributed by atoms with van der Waals surface area (Å²) in [5.41, 5.74) is 14.6. The van der Waals surface area contributed by atoms with Crippen LogP contribution in [0.25, 0.3) is 5.57 Å². The van der Waals surface area contributed by atoms with Crippen LogP contribution in [0.5, 0.6) is 0 Å². The van der Waals surface area contributed by atoms with Crippen LogP contribution in [0.1, 0.15) is 82.6 Å². The summed E-state index contributed by atoms with van der Waals surface area (Å²) in [4.78, 5) is 2.95. The van der Waals surface area contributed by atoms with E-state index in [0.29, 0.717) is 41.7 Å². The molecule has 1 aromatic rings. The third kappa shape index (κ3) is 6.67. The molecule has 11 rings (SSSR count). The second-order valence-corrected chi connectivity index (χ2v) is 18.1. The second-order valence-electron chi connectivity index (χ2n) is 18.1. The third-order valence-electron chi connectivity index (χ3n) is 14.8. The standard InChI is InChI=1S/C56H57NO/c1-3-13-38(14-4-1)42-18-11-19-43(35-42)39-25-30-46(31-26-39)57(54-37-45-17-7-8-20-48(45)50-21-9-10-22-51(50)54)47-32-27-40(28-33-47)44-29-34-55-53(36-44)52-24-12-23-49(56(52)58-55)41-15-5-2-6-16-41/h2-3,5-6,8-11,13-16,18,20-23,25-26,29-30,32,34-36,40,43,45-46,51,53-55H,1,4,7,12,17,19,24,27-28,31,33,37H2/t40?,43?,45?,46?,51-,53?,54+,55?/m0/s1. The Morgan fingerprint density at radius 3 is 2.38 bits per heavy atom. The summed E-state index contributed by atoms with van der Waals surface area (Å²) in [5.74, 6) is 3.58. The van der Waals surface area contributed by atoms with E-state index in [0.717, 1.165) is 57.1 Å². The molecule has 0 N–H and O–H groups in total. The van der Waals surface area contributed by atoms with Crippen LogP contribution in [0.4, 0.5) is 0 Å². The maximum absolute atomic E-state index is 6.74. The van der Waals surface area contributed by atoms with Crippen molar-refractivity contribution < 1.29 is 4.74 Å². The summed E-state index contributed by atoms with van der Waals surface area (Å²) in [6.45, 7) is 0. The lowest BCUT2D eigenvalue weighted by atomic mass is 9.68. The Morgan fingerprint density at radius 1 is 0.603 bits per heavy atom. The van der Waals surface area contributed by atoms with E-state index in [1.807, 2.05) is 0 Å². The van der Waals surface area contributed by atoms with E-state index in [1.54, 1.807) is 16.8 Å². The average molecular weight is 760 g/mol. The summed E-state index contributed by atoms with van der Waals surface area (Å²) >= 11 is 0. The zero-order valence-electron chi connectivity index (χ0n) is 33.9. The third-order valence-corrected chi connectivity index (χ3v) is 14.8. The van der Waals surface area contributed by atoms with Crippen molar-refractivity contribution in [2.75, 3.05) is 0 Å². The van der Waals surface area contributed by atoms with Crippen LogP contribution in [-0.2, 0) is 4.74 Å². The summed E-state index contributed by atoms with van der Waals surface area (Å²) in [6.07, 6.45) is 62.9. The minimum absolute atomic E-state index is 0.124. The first kappa shape index (κ1) is 36.0. The van der Waals surface area contributed by atoms with Gasteiger partial charge in [-0.3, -0.25) is 0 Å². The fourth-order valence-corrected chi connectivity index (χ4v) is 11.9. The Kier molecular flexibility index (Phi) is 9.69. The number of fused-ring (bicyclic) bond motifs is 4. The van der Waals surface area contributed by atoms with E-state index in [1.165, 1.54) is 64.7 Å². The summed E-state index contributed by atoms with van der Waals surface area (Å²) in [5, 5.41) is 0. The molecule has 1 aromatic carbocycles. The van der Waals surface area contributed by atoms with Gasteiger partial charge in [-0.2, -0.15) is 0 Å². The van der Waals surface area contributed by atoms with Gasteiger partial charge in [0.1, 0.15) is 11.9 Å². The number of ether oxygens (including phenoxy) is 1. The predicted molar refractivity (Wildman–Crippen MR) is 240 cm³/mol. The molecule has 1 heterocycles. The van der Waals surface area contributed by atoms with E-state index in [9.17, 15) is 0 Å². The van der Waals surface area contributed by atoms with Gasteiger partial charge in [-0.15, -0.1) is 0 Å². The second kappa shape index (κ2) is 15.6. The van der Waals surface area contributed by atoms with Gasteiger partial charge in [0.05, 0.1) is 6.04 Å². The van der Waals surface area contributed by atoms with Gasteiger partial charge in [0.25, 0.3) is 0 Å². The molecule has 8 atom stereocenters. The minimum Gasteiger partial charge on any atom is -0.485 e. The average Bonchev–Trinajstić information content (AvgIpc) is 3.69. The molecular weight excluding hydrogens is 703 g/mol. The number of nitrogens with zero attached hydrogens (tertiary/aromatic N) is 1. The SMILES string of the molecule is C1=CC2=C3C=CCCC3C[C@@H](N(C3=CCC(C4=CC5C6=C(OC5C=C4)C(c4ccccc4)=CCC6)CC3)C3C=CC(C4C=C(C5=CCCC=C5)C=CC4)=CC3)[C@H]2C=C1. The van der Waals surface area contributed by atoms with E-state index in [2.05, 4.69) is 157 Å². The van der Waals surface area contributed by atoms with Gasteiger partial charge in [0.15, 0.2) is 0 Å². The van der Waals surface area contributed by atoms with Crippen molar-refractivity contribution >= 4 is 5.57 Å². The molecule has 2 heteroatoms. The summed E-state index contributed by atoms with van der Waals surface area (Å²) < 4.78 is 6.74. The first-order valence-corrected chi connectivity index (χ1v) is 22.7. The highest BCUT2D eigenvalue weighted by Crippen LogP contribution is 2.50. The smallest absolute Gasteiger partial charge is 0.127 e. The van der Waals surface area contributed by atoms with Crippen molar-refractivity contribution in [2.45, 2.75) is 95.2 Å². The molecule has 9 aliphatic carbocycles. The molecule has 0 radical (unpaired) electrons. The topological polar surface area (TPSA) is 12.5 Å². The summed E-state index contributed by atoms with van der Waals surface area (Å²) in [6, 6.07) is 11.7. The first-order valence-electron chi connectivity index (χ1n) is 22.7.